The molecule has 1 aliphatic heterocycles. The molecule has 30 heavy (non-hydrogen) atoms. The van der Waals surface area contributed by atoms with E-state index in [2.05, 4.69) is 31.1 Å². The smallest absolute Gasteiger partial charge is 0.194 e. The van der Waals surface area contributed by atoms with E-state index in [1.165, 1.54) is 0 Å². The Bertz CT molecular complexity index is 832. The van der Waals surface area contributed by atoms with Crippen LogP contribution in [0.3, 0.4) is 0 Å². The van der Waals surface area contributed by atoms with Gasteiger partial charge in [0.15, 0.2) is 5.96 Å². The summed E-state index contributed by atoms with van der Waals surface area (Å²) in [7, 11) is 5.90. The maximum atomic E-state index is 10.1. The first-order chi connectivity index (χ1) is 14.6. The number of benzene rings is 2. The summed E-state index contributed by atoms with van der Waals surface area (Å²) < 4.78 is 5.97. The van der Waals surface area contributed by atoms with Gasteiger partial charge in [-0.25, -0.2) is 0 Å². The number of guanidine groups is 1. The summed E-state index contributed by atoms with van der Waals surface area (Å²) in [5.74, 6) is 2.13. The van der Waals surface area contributed by atoms with Gasteiger partial charge in [-0.15, -0.1) is 0 Å². The SMILES string of the molecule is CN=C(NCc1ccccc1OCCN(C)C)N1CCN(c2ccccc2O)CC1. The highest BCUT2D eigenvalue weighted by molar-refractivity contribution is 5.80. The Morgan fingerprint density at radius 1 is 1.07 bits per heavy atom. The van der Waals surface area contributed by atoms with E-state index in [1.54, 1.807) is 6.07 Å². The quantitative estimate of drug-likeness (QED) is 0.538. The first kappa shape index (κ1) is 21.8. The molecule has 2 aromatic rings. The molecule has 0 saturated carbocycles. The second kappa shape index (κ2) is 10.7. The van der Waals surface area contributed by atoms with Crippen molar-refractivity contribution in [2.24, 2.45) is 4.99 Å². The molecule has 0 spiro atoms. The second-order valence-corrected chi connectivity index (χ2v) is 7.62. The van der Waals surface area contributed by atoms with Crippen molar-refractivity contribution < 1.29 is 9.84 Å². The van der Waals surface area contributed by atoms with Crippen LogP contribution in [0.2, 0.25) is 0 Å². The lowest BCUT2D eigenvalue weighted by Gasteiger charge is -2.37. The Morgan fingerprint density at radius 3 is 2.47 bits per heavy atom. The van der Waals surface area contributed by atoms with Crippen molar-refractivity contribution in [2.75, 3.05) is 65.4 Å². The Kier molecular flexibility index (Phi) is 7.79. The maximum Gasteiger partial charge on any atom is 0.194 e. The number of phenols is 1. The third kappa shape index (κ3) is 5.79. The molecule has 2 N–H and O–H groups in total. The fourth-order valence-corrected chi connectivity index (χ4v) is 3.53. The van der Waals surface area contributed by atoms with Gasteiger partial charge in [-0.2, -0.15) is 0 Å². The lowest BCUT2D eigenvalue weighted by Crippen LogP contribution is -2.52. The van der Waals surface area contributed by atoms with Crippen molar-refractivity contribution >= 4 is 11.6 Å². The summed E-state index contributed by atoms with van der Waals surface area (Å²) in [6.07, 6.45) is 0. The van der Waals surface area contributed by atoms with Crippen LogP contribution in [0.4, 0.5) is 5.69 Å². The van der Waals surface area contributed by atoms with E-state index in [9.17, 15) is 5.11 Å². The van der Waals surface area contributed by atoms with Crippen molar-refractivity contribution in [3.8, 4) is 11.5 Å². The van der Waals surface area contributed by atoms with E-state index in [0.717, 1.165) is 55.7 Å². The van der Waals surface area contributed by atoms with E-state index in [0.29, 0.717) is 18.9 Å². The van der Waals surface area contributed by atoms with E-state index in [1.807, 2.05) is 57.5 Å². The number of piperazine rings is 1. The molecule has 1 aliphatic rings. The molecule has 0 bridgehead atoms. The van der Waals surface area contributed by atoms with Crippen molar-refractivity contribution in [1.82, 2.24) is 15.1 Å². The molecular formula is C23H33N5O2. The van der Waals surface area contributed by atoms with Crippen molar-refractivity contribution in [2.45, 2.75) is 6.54 Å². The molecule has 7 heteroatoms. The number of ether oxygens (including phenoxy) is 1. The van der Waals surface area contributed by atoms with Crippen LogP contribution in [0.1, 0.15) is 5.56 Å². The number of aliphatic imine (C=N–C) groups is 1. The highest BCUT2D eigenvalue weighted by atomic mass is 16.5. The monoisotopic (exact) mass is 411 g/mol. The number of likely N-dealkylation sites (N-methyl/N-ethyl adjacent to an activating group) is 1. The highest BCUT2D eigenvalue weighted by Gasteiger charge is 2.21. The largest absolute Gasteiger partial charge is 0.506 e. The third-order valence-corrected chi connectivity index (χ3v) is 5.22. The predicted molar refractivity (Wildman–Crippen MR) is 123 cm³/mol. The number of nitrogens with zero attached hydrogens (tertiary/aromatic N) is 4. The first-order valence-corrected chi connectivity index (χ1v) is 10.4. The summed E-state index contributed by atoms with van der Waals surface area (Å²) >= 11 is 0. The number of rotatable bonds is 7. The van der Waals surface area contributed by atoms with Gasteiger partial charge >= 0.3 is 0 Å². The molecule has 1 heterocycles. The molecular weight excluding hydrogens is 378 g/mol. The van der Waals surface area contributed by atoms with Crippen LogP contribution in [0, 0.1) is 0 Å². The molecule has 0 atom stereocenters. The molecule has 0 radical (unpaired) electrons. The maximum absolute atomic E-state index is 10.1. The van der Waals surface area contributed by atoms with Crippen LogP contribution >= 0.6 is 0 Å². The normalized spacial score (nSPS) is 14.9. The van der Waals surface area contributed by atoms with E-state index in [4.69, 9.17) is 4.74 Å². The van der Waals surface area contributed by atoms with Gasteiger partial charge in [0, 0.05) is 51.9 Å². The average molecular weight is 412 g/mol. The standard InChI is InChI=1S/C23H33N5O2/c1-24-23(25-18-19-8-4-7-11-22(19)30-17-16-26(2)3)28-14-12-27(13-15-28)20-9-5-6-10-21(20)29/h4-11,29H,12-18H2,1-3H3,(H,24,25). The molecule has 0 aromatic heterocycles. The van der Waals surface area contributed by atoms with Gasteiger partial charge in [0.2, 0.25) is 0 Å². The lowest BCUT2D eigenvalue weighted by molar-refractivity contribution is 0.259. The second-order valence-electron chi connectivity index (χ2n) is 7.62. The van der Waals surface area contributed by atoms with Gasteiger partial charge in [0.25, 0.3) is 0 Å². The zero-order valence-corrected chi connectivity index (χ0v) is 18.2. The van der Waals surface area contributed by atoms with Crippen LogP contribution in [-0.2, 0) is 6.54 Å². The zero-order valence-electron chi connectivity index (χ0n) is 18.2. The van der Waals surface area contributed by atoms with Crippen LogP contribution in [0.25, 0.3) is 0 Å². The summed E-state index contributed by atoms with van der Waals surface area (Å²) in [6, 6.07) is 15.6. The van der Waals surface area contributed by atoms with Crippen molar-refractivity contribution in [1.29, 1.82) is 0 Å². The van der Waals surface area contributed by atoms with Crippen LogP contribution in [-0.4, -0.2) is 81.3 Å². The molecule has 0 aliphatic carbocycles. The van der Waals surface area contributed by atoms with E-state index in [-0.39, 0.29) is 0 Å². The van der Waals surface area contributed by atoms with Gasteiger partial charge in [0.05, 0.1) is 5.69 Å². The summed E-state index contributed by atoms with van der Waals surface area (Å²) in [6.45, 7) is 5.55. The number of phenolic OH excluding ortho intramolecular Hbond substituents is 1. The number of anilines is 1. The highest BCUT2D eigenvalue weighted by Crippen LogP contribution is 2.27. The Morgan fingerprint density at radius 2 is 1.77 bits per heavy atom. The predicted octanol–water partition coefficient (Wildman–Crippen LogP) is 2.23. The zero-order chi connectivity index (χ0) is 21.3. The number of aromatic hydroxyl groups is 1. The van der Waals surface area contributed by atoms with Gasteiger partial charge in [-0.3, -0.25) is 4.99 Å². The number of hydrogen-bond acceptors (Lipinski definition) is 5. The molecule has 7 nitrogen and oxygen atoms in total. The fraction of sp³-hybridized carbons (Fsp3) is 0.435. The summed E-state index contributed by atoms with van der Waals surface area (Å²) in [5, 5.41) is 13.6. The van der Waals surface area contributed by atoms with E-state index < -0.39 is 0 Å². The number of para-hydroxylation sites is 3. The average Bonchev–Trinajstić information content (AvgIpc) is 2.76. The third-order valence-electron chi connectivity index (χ3n) is 5.22. The van der Waals surface area contributed by atoms with E-state index >= 15 is 0 Å². The minimum atomic E-state index is 0.333. The molecule has 0 unspecified atom stereocenters. The summed E-state index contributed by atoms with van der Waals surface area (Å²) in [4.78, 5) is 11.1. The van der Waals surface area contributed by atoms with Crippen molar-refractivity contribution in [3.63, 3.8) is 0 Å². The van der Waals surface area contributed by atoms with Gasteiger partial charge in [-0.1, -0.05) is 30.3 Å². The van der Waals surface area contributed by atoms with Crippen molar-refractivity contribution in [3.05, 3.63) is 54.1 Å². The number of nitrogens with one attached hydrogen (secondary N) is 1. The van der Waals surface area contributed by atoms with Crippen LogP contribution in [0.5, 0.6) is 11.5 Å². The van der Waals surface area contributed by atoms with Gasteiger partial charge in [-0.05, 0) is 32.3 Å². The molecule has 3 rings (SSSR count). The van der Waals surface area contributed by atoms with Gasteiger partial charge < -0.3 is 29.9 Å². The molecule has 2 aromatic carbocycles. The minimum absolute atomic E-state index is 0.333. The Balaban J connectivity index is 1.54. The Hall–Kier alpha value is -2.93. The van der Waals surface area contributed by atoms with Crippen LogP contribution < -0.4 is 15.0 Å². The topological polar surface area (TPSA) is 63.6 Å². The molecule has 0 amide bonds. The fourth-order valence-electron chi connectivity index (χ4n) is 3.53. The summed E-state index contributed by atoms with van der Waals surface area (Å²) in [5.41, 5.74) is 2.01. The van der Waals surface area contributed by atoms with Crippen LogP contribution in [0.15, 0.2) is 53.5 Å². The number of hydrogen-bond donors (Lipinski definition) is 2. The molecule has 1 saturated heterocycles. The lowest BCUT2D eigenvalue weighted by atomic mass is 10.2. The molecule has 1 fully saturated rings. The van der Waals surface area contributed by atoms with Gasteiger partial charge in [0.1, 0.15) is 18.1 Å². The minimum Gasteiger partial charge on any atom is -0.506 e. The molecule has 162 valence electrons. The Labute approximate surface area is 179 Å². The first-order valence-electron chi connectivity index (χ1n) is 10.4.